The van der Waals surface area contributed by atoms with Gasteiger partial charge in [-0.25, -0.2) is 9.97 Å². The second kappa shape index (κ2) is 20.1. The number of hydrogen-bond acceptors (Lipinski definition) is 5. The summed E-state index contributed by atoms with van der Waals surface area (Å²) < 4.78 is 0. The highest BCUT2D eigenvalue weighted by molar-refractivity contribution is 7.80. The lowest BCUT2D eigenvalue weighted by Gasteiger charge is -2.14. The van der Waals surface area contributed by atoms with E-state index in [2.05, 4.69) is 118 Å². The maximum atomic E-state index is 6.48. The van der Waals surface area contributed by atoms with Crippen LogP contribution in [0.5, 0.6) is 0 Å². The van der Waals surface area contributed by atoms with Crippen LogP contribution >= 0.6 is 57.9 Å². The molecule has 6 N–H and O–H groups in total. The van der Waals surface area contributed by atoms with Gasteiger partial charge in [-0.2, -0.15) is 22.2 Å². The monoisotopic (exact) mass is 936 g/mol. The van der Waals surface area contributed by atoms with Gasteiger partial charge in [-0.15, -0.1) is 11.3 Å². The predicted molar refractivity (Wildman–Crippen MR) is 275 cm³/mol. The van der Waals surface area contributed by atoms with Gasteiger partial charge in [-0.05, 0) is 85.8 Å². The second-order valence-electron chi connectivity index (χ2n) is 16.1. The number of aromatic nitrogens is 4. The van der Waals surface area contributed by atoms with Gasteiger partial charge in [0.15, 0.2) is 25.0 Å². The first-order valence-corrected chi connectivity index (χ1v) is 30.4. The molecule has 0 aliphatic rings. The van der Waals surface area contributed by atoms with E-state index in [4.69, 9.17) is 56.6 Å². The van der Waals surface area contributed by atoms with Gasteiger partial charge in [0.1, 0.15) is 11.6 Å². The third-order valence-corrected chi connectivity index (χ3v) is 15.7. The maximum absolute atomic E-state index is 6.48. The molecule has 0 unspecified atom stereocenters. The van der Waals surface area contributed by atoms with Crippen LogP contribution in [0.2, 0.25) is 38.3 Å². The Hall–Kier alpha value is -4.61. The number of thiophene rings is 1. The summed E-state index contributed by atoms with van der Waals surface area (Å²) in [5, 5.41) is 14.4. The summed E-state index contributed by atoms with van der Waals surface area (Å²) >= 11 is 25.7. The summed E-state index contributed by atoms with van der Waals surface area (Å²) in [5.41, 5.74) is 9.56. The molecule has 8 nitrogen and oxygen atoms in total. The third kappa shape index (κ3) is 12.5. The van der Waals surface area contributed by atoms with Crippen LogP contribution in [0.1, 0.15) is 12.8 Å². The Labute approximate surface area is 384 Å². The van der Waals surface area contributed by atoms with Crippen LogP contribution in [0, 0.1) is 0 Å². The van der Waals surface area contributed by atoms with Crippen molar-refractivity contribution >= 4 is 94.3 Å². The second-order valence-corrected chi connectivity index (χ2v) is 32.0. The molecular weight excluding hydrogens is 888 g/mol. The first kappa shape index (κ1) is 44.4. The predicted octanol–water partition coefficient (Wildman–Crippen LogP) is 13.4. The van der Waals surface area contributed by atoms with Crippen molar-refractivity contribution in [3.05, 3.63) is 121 Å². The van der Waals surface area contributed by atoms with Crippen LogP contribution in [-0.2, 0) is 0 Å². The standard InChI is InChI=1S/C46H50Cl2N8S3Si2/c1-60(2,47)29-11-27-49-45(57)51-35-21-17-33(18-22-35)41-39(31-13-7-5-8-14-31)53-43(55-41)37-25-26-38(59-37)44-54-40(32-15-9-6-10-16-32)42(56-44)34-19-23-36(24-20-34)52-46(58)50-28-12-30-61(3,4)48/h5-10,13-26H,11-12,27-30H2,1-4H3,(H,53,55)(H,54,56)(H2,49,51,57)(H2,50,52,58). The van der Waals surface area contributed by atoms with Crippen LogP contribution in [0.4, 0.5) is 11.4 Å². The SMILES string of the molecule is C[Si](C)(Cl)CCCNC(=S)Nc1ccc(-c2[nH]c(-c3ccc(-c4nc(-c5ccccc5)c(-c5ccc(NC(=S)NCCC[Si](C)(C)Cl)cc5)[nH]4)s3)nc2-c2ccccc2)cc1. The van der Waals surface area contributed by atoms with Gasteiger partial charge in [0, 0.05) is 46.7 Å². The minimum Gasteiger partial charge on any atom is -0.362 e. The van der Waals surface area contributed by atoms with Crippen LogP contribution in [0.3, 0.4) is 0 Å². The fourth-order valence-electron chi connectivity index (χ4n) is 6.81. The molecule has 0 radical (unpaired) electrons. The van der Waals surface area contributed by atoms with Gasteiger partial charge in [-0.3, -0.25) is 0 Å². The molecule has 0 aliphatic carbocycles. The van der Waals surface area contributed by atoms with Gasteiger partial charge >= 0.3 is 0 Å². The summed E-state index contributed by atoms with van der Waals surface area (Å²) in [6.45, 7) is 10.2. The van der Waals surface area contributed by atoms with E-state index in [0.717, 1.165) is 116 Å². The molecule has 0 atom stereocenters. The lowest BCUT2D eigenvalue weighted by molar-refractivity contribution is 0.837. The molecule has 61 heavy (non-hydrogen) atoms. The summed E-state index contributed by atoms with van der Waals surface area (Å²) in [6.07, 6.45) is 1.99. The average Bonchev–Trinajstić information content (AvgIpc) is 4.01. The first-order valence-electron chi connectivity index (χ1n) is 20.4. The molecule has 0 saturated carbocycles. The quantitative estimate of drug-likeness (QED) is 0.0246. The average molecular weight is 938 g/mol. The number of aromatic amines is 2. The Kier molecular flexibility index (Phi) is 14.6. The van der Waals surface area contributed by atoms with Crippen molar-refractivity contribution in [3.8, 4) is 66.4 Å². The van der Waals surface area contributed by atoms with Crippen molar-refractivity contribution in [1.82, 2.24) is 30.6 Å². The molecule has 0 spiro atoms. The molecule has 0 fully saturated rings. The minimum absolute atomic E-state index is 0.600. The number of nitrogens with zero attached hydrogens (tertiary/aromatic N) is 2. The van der Waals surface area contributed by atoms with Gasteiger partial charge in [0.2, 0.25) is 0 Å². The van der Waals surface area contributed by atoms with Crippen LogP contribution in [0.25, 0.3) is 66.4 Å². The summed E-state index contributed by atoms with van der Waals surface area (Å²) in [4.78, 5) is 19.7. The van der Waals surface area contributed by atoms with Crippen molar-refractivity contribution < 1.29 is 0 Å². The number of halogens is 2. The zero-order valence-corrected chi connectivity index (χ0v) is 40.6. The normalized spacial score (nSPS) is 11.6. The molecule has 7 aromatic rings. The Morgan fingerprint density at radius 3 is 1.28 bits per heavy atom. The largest absolute Gasteiger partial charge is 0.362 e. The Morgan fingerprint density at radius 1 is 0.541 bits per heavy atom. The van der Waals surface area contributed by atoms with Crippen molar-refractivity contribution in [2.75, 3.05) is 23.7 Å². The molecule has 0 aliphatic heterocycles. The van der Waals surface area contributed by atoms with Gasteiger partial charge in [-0.1, -0.05) is 111 Å². The fraction of sp³-hybridized carbons (Fsp3) is 0.217. The van der Waals surface area contributed by atoms with E-state index >= 15 is 0 Å². The van der Waals surface area contributed by atoms with Crippen LogP contribution < -0.4 is 21.3 Å². The lowest BCUT2D eigenvalue weighted by atomic mass is 10.0. The number of imidazole rings is 2. The van der Waals surface area contributed by atoms with E-state index in [1.165, 1.54) is 0 Å². The number of thiocarbonyl (C=S) groups is 2. The van der Waals surface area contributed by atoms with Crippen LogP contribution in [-0.4, -0.2) is 58.0 Å². The summed E-state index contributed by atoms with van der Waals surface area (Å²) in [6, 6.07) is 43.4. The molecule has 0 amide bonds. The Balaban J connectivity index is 1.10. The summed E-state index contributed by atoms with van der Waals surface area (Å²) in [5.74, 6) is 1.58. The molecule has 7 rings (SSSR count). The molecule has 0 bridgehead atoms. The lowest BCUT2D eigenvalue weighted by Crippen LogP contribution is -2.30. The van der Waals surface area contributed by atoms with Crippen molar-refractivity contribution in [3.63, 3.8) is 0 Å². The highest BCUT2D eigenvalue weighted by atomic mass is 35.6. The van der Waals surface area contributed by atoms with E-state index in [9.17, 15) is 0 Å². The Bertz CT molecular complexity index is 2370. The number of hydrogen-bond donors (Lipinski definition) is 6. The van der Waals surface area contributed by atoms with Crippen molar-refractivity contribution in [2.45, 2.75) is 51.1 Å². The van der Waals surface area contributed by atoms with E-state index in [1.54, 1.807) is 11.3 Å². The first-order chi connectivity index (χ1) is 29.3. The number of anilines is 2. The topological polar surface area (TPSA) is 105 Å². The highest BCUT2D eigenvalue weighted by Crippen LogP contribution is 2.40. The summed E-state index contributed by atoms with van der Waals surface area (Å²) in [7, 11) is -3.19. The molecule has 314 valence electrons. The van der Waals surface area contributed by atoms with Gasteiger partial charge < -0.3 is 31.2 Å². The molecule has 0 saturated heterocycles. The van der Waals surface area contributed by atoms with E-state index < -0.39 is 14.8 Å². The highest BCUT2D eigenvalue weighted by Gasteiger charge is 2.21. The van der Waals surface area contributed by atoms with Crippen molar-refractivity contribution in [2.24, 2.45) is 0 Å². The van der Waals surface area contributed by atoms with E-state index in [1.807, 2.05) is 60.7 Å². The molecule has 15 heteroatoms. The number of benzene rings is 4. The minimum atomic E-state index is -1.59. The zero-order chi connectivity index (χ0) is 43.0. The zero-order valence-electron chi connectivity index (χ0n) is 34.7. The van der Waals surface area contributed by atoms with Gasteiger partial charge in [0.25, 0.3) is 0 Å². The molecule has 3 aromatic heterocycles. The van der Waals surface area contributed by atoms with E-state index in [0.29, 0.717) is 10.2 Å². The number of nitrogens with one attached hydrogen (secondary N) is 6. The number of H-pyrrole nitrogens is 2. The smallest absolute Gasteiger partial charge is 0.170 e. The van der Waals surface area contributed by atoms with Crippen LogP contribution in [0.15, 0.2) is 121 Å². The molecule has 4 aromatic carbocycles. The number of rotatable bonds is 16. The van der Waals surface area contributed by atoms with Gasteiger partial charge in [0.05, 0.1) is 32.5 Å². The van der Waals surface area contributed by atoms with Crippen molar-refractivity contribution in [1.29, 1.82) is 0 Å². The molecule has 3 heterocycles. The Morgan fingerprint density at radius 2 is 0.918 bits per heavy atom. The maximum Gasteiger partial charge on any atom is 0.170 e. The third-order valence-electron chi connectivity index (χ3n) is 9.90. The fourth-order valence-corrected chi connectivity index (χ4v) is 11.0. The van der Waals surface area contributed by atoms with E-state index in [-0.39, 0.29) is 0 Å². The molecular formula is C46H50Cl2N8S3Si2.